The summed E-state index contributed by atoms with van der Waals surface area (Å²) in [6.07, 6.45) is 3.94. The topological polar surface area (TPSA) is 66.5 Å². The monoisotopic (exact) mass is 578 g/mol. The van der Waals surface area contributed by atoms with Gasteiger partial charge in [-0.05, 0) is 53.9 Å². The number of fused-ring (bicyclic) bond motifs is 6. The second kappa shape index (κ2) is 9.44. The third-order valence-electron chi connectivity index (χ3n) is 8.60. The SMILES string of the molecule is Cc1ccc2c(c1)N1[C@H](C(=O)c3ccccc3)[C@H](C(=O)c3ccc(Cl)cc3Cl)[C@]3(C(=O)Nc4ccccc43)[C@H]1C=C2. The molecule has 7 rings (SSSR count). The lowest BCUT2D eigenvalue weighted by molar-refractivity contribution is -0.121. The van der Waals surface area contributed by atoms with Crippen LogP contribution >= 0.6 is 23.2 Å². The Balaban J connectivity index is 1.56. The molecule has 5 nitrogen and oxygen atoms in total. The van der Waals surface area contributed by atoms with Crippen LogP contribution in [0.25, 0.3) is 6.08 Å². The van der Waals surface area contributed by atoms with Crippen LogP contribution in [-0.4, -0.2) is 29.6 Å². The van der Waals surface area contributed by atoms with Crippen molar-refractivity contribution in [3.63, 3.8) is 0 Å². The zero-order valence-corrected chi connectivity index (χ0v) is 23.5. The molecule has 0 aromatic heterocycles. The predicted molar refractivity (Wildman–Crippen MR) is 162 cm³/mol. The van der Waals surface area contributed by atoms with E-state index in [0.29, 0.717) is 21.8 Å². The summed E-state index contributed by atoms with van der Waals surface area (Å²) in [5.41, 5.74) is 3.33. The number of nitrogens with zero attached hydrogens (tertiary/aromatic N) is 1. The molecule has 0 bridgehead atoms. The van der Waals surface area contributed by atoms with E-state index in [2.05, 4.69) is 5.32 Å². The highest BCUT2D eigenvalue weighted by Crippen LogP contribution is 2.58. The molecule has 4 aromatic rings. The first-order valence-corrected chi connectivity index (χ1v) is 14.1. The van der Waals surface area contributed by atoms with Gasteiger partial charge in [-0.15, -0.1) is 0 Å². The minimum atomic E-state index is -1.40. The van der Waals surface area contributed by atoms with Crippen LogP contribution in [0.1, 0.15) is 37.4 Å². The third kappa shape index (κ3) is 3.66. The van der Waals surface area contributed by atoms with Gasteiger partial charge < -0.3 is 10.2 Å². The van der Waals surface area contributed by atoms with Crippen LogP contribution < -0.4 is 10.2 Å². The summed E-state index contributed by atoms with van der Waals surface area (Å²) in [5.74, 6) is -2.04. The van der Waals surface area contributed by atoms with Crippen LogP contribution in [0.5, 0.6) is 0 Å². The van der Waals surface area contributed by atoms with Gasteiger partial charge in [0.15, 0.2) is 11.6 Å². The molecule has 1 amide bonds. The smallest absolute Gasteiger partial charge is 0.238 e. The van der Waals surface area contributed by atoms with Crippen molar-refractivity contribution in [1.29, 1.82) is 0 Å². The molecule has 4 atom stereocenters. The van der Waals surface area contributed by atoms with E-state index >= 15 is 0 Å². The summed E-state index contributed by atoms with van der Waals surface area (Å²) in [6.45, 7) is 1.99. The molecule has 0 radical (unpaired) electrons. The van der Waals surface area contributed by atoms with Crippen molar-refractivity contribution in [1.82, 2.24) is 0 Å². The number of nitrogens with one attached hydrogen (secondary N) is 1. The molecule has 0 unspecified atom stereocenters. The number of benzene rings is 4. The van der Waals surface area contributed by atoms with Crippen LogP contribution in [-0.2, 0) is 10.2 Å². The van der Waals surface area contributed by atoms with Crippen molar-refractivity contribution in [3.05, 3.63) is 135 Å². The van der Waals surface area contributed by atoms with E-state index in [1.807, 2.05) is 72.5 Å². The fraction of sp³-hybridized carbons (Fsp3) is 0.147. The number of aryl methyl sites for hydroxylation is 1. The van der Waals surface area contributed by atoms with E-state index in [-0.39, 0.29) is 28.1 Å². The van der Waals surface area contributed by atoms with Crippen molar-refractivity contribution in [2.75, 3.05) is 10.2 Å². The lowest BCUT2D eigenvalue weighted by atomic mass is 9.64. The minimum absolute atomic E-state index is 0.173. The molecule has 3 heterocycles. The lowest BCUT2D eigenvalue weighted by Crippen LogP contribution is -2.51. The van der Waals surface area contributed by atoms with Gasteiger partial charge in [-0.3, -0.25) is 14.4 Å². The predicted octanol–water partition coefficient (Wildman–Crippen LogP) is 7.16. The molecular weight excluding hydrogens is 555 g/mol. The third-order valence-corrected chi connectivity index (χ3v) is 9.14. The van der Waals surface area contributed by atoms with Gasteiger partial charge in [-0.1, -0.05) is 96.0 Å². The van der Waals surface area contributed by atoms with Crippen LogP contribution in [0.3, 0.4) is 0 Å². The lowest BCUT2D eigenvalue weighted by Gasteiger charge is -2.37. The van der Waals surface area contributed by atoms with Crippen molar-refractivity contribution >= 4 is 58.1 Å². The Bertz CT molecular complexity index is 1800. The molecule has 1 N–H and O–H groups in total. The molecule has 3 aliphatic heterocycles. The maximum Gasteiger partial charge on any atom is 0.238 e. The van der Waals surface area contributed by atoms with Gasteiger partial charge in [0, 0.05) is 27.5 Å². The Morgan fingerprint density at radius 1 is 0.878 bits per heavy atom. The highest BCUT2D eigenvalue weighted by molar-refractivity contribution is 6.37. The quantitative estimate of drug-likeness (QED) is 0.261. The summed E-state index contributed by atoms with van der Waals surface area (Å²) in [6, 6.07) is 25.5. The Labute approximate surface area is 247 Å². The Morgan fingerprint density at radius 2 is 1.63 bits per heavy atom. The maximum atomic E-state index is 14.9. The molecule has 1 saturated heterocycles. The highest BCUT2D eigenvalue weighted by Gasteiger charge is 2.70. The van der Waals surface area contributed by atoms with E-state index < -0.39 is 23.4 Å². The molecule has 0 aliphatic carbocycles. The average molecular weight is 579 g/mol. The van der Waals surface area contributed by atoms with Crippen LogP contribution in [0.4, 0.5) is 11.4 Å². The average Bonchev–Trinajstić information content (AvgIpc) is 3.45. The summed E-state index contributed by atoms with van der Waals surface area (Å²) >= 11 is 12.8. The van der Waals surface area contributed by atoms with Gasteiger partial charge in [-0.2, -0.15) is 0 Å². The number of halogens is 2. The maximum absolute atomic E-state index is 14.9. The first-order valence-electron chi connectivity index (χ1n) is 13.4. The fourth-order valence-corrected chi connectivity index (χ4v) is 7.41. The number of hydrogen-bond donors (Lipinski definition) is 1. The second-order valence-corrected chi connectivity index (χ2v) is 11.6. The zero-order chi connectivity index (χ0) is 28.5. The van der Waals surface area contributed by atoms with Gasteiger partial charge in [0.05, 0.1) is 17.0 Å². The summed E-state index contributed by atoms with van der Waals surface area (Å²) in [5, 5.41) is 3.60. The van der Waals surface area contributed by atoms with Crippen LogP contribution in [0.2, 0.25) is 10.0 Å². The summed E-state index contributed by atoms with van der Waals surface area (Å²) in [4.78, 5) is 45.9. The van der Waals surface area contributed by atoms with E-state index in [4.69, 9.17) is 23.2 Å². The first kappa shape index (κ1) is 25.8. The summed E-state index contributed by atoms with van der Waals surface area (Å²) < 4.78 is 0. The molecule has 41 heavy (non-hydrogen) atoms. The van der Waals surface area contributed by atoms with E-state index in [9.17, 15) is 14.4 Å². The number of hydrogen-bond acceptors (Lipinski definition) is 4. The molecule has 202 valence electrons. The molecule has 0 saturated carbocycles. The van der Waals surface area contributed by atoms with E-state index in [0.717, 1.165) is 16.8 Å². The number of carbonyl (C=O) groups excluding carboxylic acids is 3. The molecule has 1 fully saturated rings. The summed E-state index contributed by atoms with van der Waals surface area (Å²) in [7, 11) is 0. The number of amides is 1. The molecular formula is C34H24Cl2N2O3. The normalized spacial score (nSPS) is 23.6. The second-order valence-electron chi connectivity index (χ2n) is 10.8. The fourth-order valence-electron chi connectivity index (χ4n) is 6.90. The number of anilines is 2. The van der Waals surface area contributed by atoms with Crippen LogP contribution in [0, 0.1) is 12.8 Å². The zero-order valence-electron chi connectivity index (χ0n) is 22.0. The molecule has 3 aliphatic rings. The molecule has 4 aromatic carbocycles. The van der Waals surface area contributed by atoms with Gasteiger partial charge in [-0.25, -0.2) is 0 Å². The highest BCUT2D eigenvalue weighted by atomic mass is 35.5. The standard InChI is InChI=1S/C34H24Cl2N2O3/c1-19-11-12-20-13-16-28-34(24-9-5-6-10-26(24)37-33(34)41)29(32(40)23-15-14-22(35)18-25(23)36)30(38(28)27(20)17-19)31(39)21-7-3-2-4-8-21/h2-18,28-30H,1H3,(H,37,41)/t28-,29-,30+,34-/m1/s1. The molecule has 7 heteroatoms. The van der Waals surface area contributed by atoms with Gasteiger partial charge >= 0.3 is 0 Å². The Kier molecular flexibility index (Phi) is 5.93. The van der Waals surface area contributed by atoms with Crippen molar-refractivity contribution in [2.24, 2.45) is 5.92 Å². The van der Waals surface area contributed by atoms with Gasteiger partial charge in [0.25, 0.3) is 0 Å². The number of carbonyl (C=O) groups is 3. The Hall–Kier alpha value is -4.19. The first-order chi connectivity index (χ1) is 19.8. The number of rotatable bonds is 4. The van der Waals surface area contributed by atoms with Crippen LogP contribution in [0.15, 0.2) is 97.1 Å². The number of para-hydroxylation sites is 1. The largest absolute Gasteiger partial charge is 0.352 e. The number of ketones is 2. The van der Waals surface area contributed by atoms with E-state index in [1.54, 1.807) is 36.4 Å². The van der Waals surface area contributed by atoms with Gasteiger partial charge in [0.1, 0.15) is 11.5 Å². The Morgan fingerprint density at radius 3 is 2.41 bits per heavy atom. The number of Topliss-reactive ketones (excluding diaryl/α,β-unsaturated/α-hetero) is 2. The van der Waals surface area contributed by atoms with Crippen molar-refractivity contribution < 1.29 is 14.4 Å². The van der Waals surface area contributed by atoms with Gasteiger partial charge in [0.2, 0.25) is 5.91 Å². The minimum Gasteiger partial charge on any atom is -0.352 e. The van der Waals surface area contributed by atoms with Crippen molar-refractivity contribution in [3.8, 4) is 0 Å². The van der Waals surface area contributed by atoms with Crippen molar-refractivity contribution in [2.45, 2.75) is 24.4 Å². The van der Waals surface area contributed by atoms with E-state index in [1.165, 1.54) is 6.07 Å². The molecule has 1 spiro atoms.